The van der Waals surface area contributed by atoms with Crippen molar-refractivity contribution in [3.05, 3.63) is 11.1 Å². The van der Waals surface area contributed by atoms with Crippen LogP contribution in [-0.4, -0.2) is 29.8 Å². The van der Waals surface area contributed by atoms with Gasteiger partial charge in [0.25, 0.3) is 0 Å². The molecule has 0 saturated heterocycles. The first-order valence-corrected chi connectivity index (χ1v) is 4.16. The van der Waals surface area contributed by atoms with Gasteiger partial charge >= 0.3 is 0 Å². The number of hydrogen-bond donors (Lipinski definition) is 1. The maximum absolute atomic E-state index is 4.87. The van der Waals surface area contributed by atoms with Crippen LogP contribution in [0.2, 0.25) is 0 Å². The van der Waals surface area contributed by atoms with Crippen molar-refractivity contribution in [1.29, 1.82) is 0 Å². The van der Waals surface area contributed by atoms with Gasteiger partial charge in [-0.1, -0.05) is 4.49 Å². The van der Waals surface area contributed by atoms with E-state index in [-0.39, 0.29) is 0 Å². The Morgan fingerprint density at radius 1 is 1.73 bits per heavy atom. The van der Waals surface area contributed by atoms with E-state index < -0.39 is 0 Å². The molecular weight excluding hydrogens is 162 g/mol. The lowest BCUT2D eigenvalue weighted by Gasteiger charge is -1.99. The molecule has 62 valence electrons. The summed E-state index contributed by atoms with van der Waals surface area (Å²) < 4.78 is 8.61. The van der Waals surface area contributed by atoms with Crippen LogP contribution in [0.4, 0.5) is 0 Å². The van der Waals surface area contributed by atoms with Crippen LogP contribution < -0.4 is 5.32 Å². The molecular formula is C6H11N3OS. The summed E-state index contributed by atoms with van der Waals surface area (Å²) in [4.78, 5) is 1.15. The van der Waals surface area contributed by atoms with Crippen molar-refractivity contribution in [2.75, 3.05) is 20.3 Å². The smallest absolute Gasteiger partial charge is 0.0666 e. The highest BCUT2D eigenvalue weighted by Gasteiger charge is 1.93. The fraction of sp³-hybridized carbons (Fsp3) is 0.667. The van der Waals surface area contributed by atoms with E-state index in [1.54, 1.807) is 13.3 Å². The Kier molecular flexibility index (Phi) is 4.03. The Labute approximate surface area is 69.7 Å². The minimum absolute atomic E-state index is 0.742. The molecule has 11 heavy (non-hydrogen) atoms. The number of methoxy groups -OCH3 is 1. The summed E-state index contributed by atoms with van der Waals surface area (Å²) in [6, 6.07) is 0. The molecule has 0 saturated carbocycles. The zero-order chi connectivity index (χ0) is 7.94. The molecule has 0 unspecified atom stereocenters. The standard InChI is InChI=1S/C6H11N3OS/c1-10-3-2-7-4-6-5-8-9-11-6/h5,7H,2-4H2,1H3. The third-order valence-electron chi connectivity index (χ3n) is 1.19. The van der Waals surface area contributed by atoms with Gasteiger partial charge in [0.2, 0.25) is 0 Å². The largest absolute Gasteiger partial charge is 0.383 e. The van der Waals surface area contributed by atoms with Gasteiger partial charge < -0.3 is 10.1 Å². The highest BCUT2D eigenvalue weighted by molar-refractivity contribution is 7.05. The summed E-state index contributed by atoms with van der Waals surface area (Å²) in [6.07, 6.45) is 1.77. The quantitative estimate of drug-likeness (QED) is 0.649. The third kappa shape index (κ3) is 3.41. The molecule has 5 heteroatoms. The number of aromatic nitrogens is 2. The van der Waals surface area contributed by atoms with Gasteiger partial charge in [-0.3, -0.25) is 0 Å². The molecule has 1 N–H and O–H groups in total. The van der Waals surface area contributed by atoms with Crippen molar-refractivity contribution in [2.45, 2.75) is 6.54 Å². The number of nitrogens with zero attached hydrogens (tertiary/aromatic N) is 2. The molecule has 1 aromatic heterocycles. The van der Waals surface area contributed by atoms with E-state index in [1.807, 2.05) is 0 Å². The van der Waals surface area contributed by atoms with Crippen molar-refractivity contribution >= 4 is 11.5 Å². The van der Waals surface area contributed by atoms with Gasteiger partial charge in [-0.2, -0.15) is 0 Å². The van der Waals surface area contributed by atoms with E-state index in [1.165, 1.54) is 11.5 Å². The summed E-state index contributed by atoms with van der Waals surface area (Å²) >= 11 is 1.42. The minimum atomic E-state index is 0.742. The normalized spacial score (nSPS) is 10.3. The SMILES string of the molecule is COCCNCc1cnns1. The maximum Gasteiger partial charge on any atom is 0.0666 e. The molecule has 0 aromatic carbocycles. The first kappa shape index (κ1) is 8.58. The number of nitrogens with one attached hydrogen (secondary N) is 1. The van der Waals surface area contributed by atoms with E-state index >= 15 is 0 Å². The first-order valence-electron chi connectivity index (χ1n) is 3.39. The van der Waals surface area contributed by atoms with Crippen LogP contribution in [0.5, 0.6) is 0 Å². The van der Waals surface area contributed by atoms with Crippen molar-refractivity contribution in [2.24, 2.45) is 0 Å². The summed E-state index contributed by atoms with van der Waals surface area (Å²) in [5.74, 6) is 0. The van der Waals surface area contributed by atoms with Gasteiger partial charge in [0.15, 0.2) is 0 Å². The summed E-state index contributed by atoms with van der Waals surface area (Å²) in [5.41, 5.74) is 0. The second-order valence-electron chi connectivity index (χ2n) is 2.05. The average Bonchev–Trinajstić information content (AvgIpc) is 2.50. The summed E-state index contributed by atoms with van der Waals surface area (Å²) in [5, 5.41) is 6.91. The summed E-state index contributed by atoms with van der Waals surface area (Å²) in [6.45, 7) is 2.45. The second-order valence-corrected chi connectivity index (χ2v) is 2.92. The van der Waals surface area contributed by atoms with Crippen LogP contribution in [0.15, 0.2) is 6.20 Å². The molecule has 1 aromatic rings. The molecule has 0 atom stereocenters. The van der Waals surface area contributed by atoms with E-state index in [2.05, 4.69) is 14.9 Å². The second kappa shape index (κ2) is 5.17. The maximum atomic E-state index is 4.87. The number of ether oxygens (including phenoxy) is 1. The molecule has 0 aliphatic heterocycles. The molecule has 1 heterocycles. The van der Waals surface area contributed by atoms with Crippen LogP contribution in [0.1, 0.15) is 4.88 Å². The first-order chi connectivity index (χ1) is 5.43. The third-order valence-corrected chi connectivity index (χ3v) is 1.85. The van der Waals surface area contributed by atoms with Gasteiger partial charge in [-0.25, -0.2) is 0 Å². The summed E-state index contributed by atoms with van der Waals surface area (Å²) in [7, 11) is 1.69. The van der Waals surface area contributed by atoms with Crippen molar-refractivity contribution < 1.29 is 4.74 Å². The monoisotopic (exact) mass is 173 g/mol. The van der Waals surface area contributed by atoms with Gasteiger partial charge in [0.1, 0.15) is 0 Å². The Morgan fingerprint density at radius 2 is 2.64 bits per heavy atom. The molecule has 0 fully saturated rings. The number of rotatable bonds is 5. The van der Waals surface area contributed by atoms with Crippen LogP contribution in [0, 0.1) is 0 Å². The molecule has 0 amide bonds. The minimum Gasteiger partial charge on any atom is -0.383 e. The number of hydrogen-bond acceptors (Lipinski definition) is 5. The van der Waals surface area contributed by atoms with E-state index in [0.29, 0.717) is 0 Å². The fourth-order valence-corrected chi connectivity index (χ4v) is 1.11. The predicted molar refractivity (Wildman–Crippen MR) is 43.5 cm³/mol. The van der Waals surface area contributed by atoms with Gasteiger partial charge in [0, 0.05) is 20.2 Å². The Bertz CT molecular complexity index is 178. The van der Waals surface area contributed by atoms with Crippen molar-refractivity contribution in [3.8, 4) is 0 Å². The highest BCUT2D eigenvalue weighted by atomic mass is 32.1. The lowest BCUT2D eigenvalue weighted by atomic mass is 10.5. The van der Waals surface area contributed by atoms with E-state index in [0.717, 1.165) is 24.6 Å². The lowest BCUT2D eigenvalue weighted by Crippen LogP contribution is -2.17. The molecule has 0 bridgehead atoms. The van der Waals surface area contributed by atoms with Crippen LogP contribution in [0.25, 0.3) is 0 Å². The fourth-order valence-electron chi connectivity index (χ4n) is 0.651. The molecule has 0 aliphatic rings. The molecule has 0 spiro atoms. The topological polar surface area (TPSA) is 47.0 Å². The molecule has 0 radical (unpaired) electrons. The highest BCUT2D eigenvalue weighted by Crippen LogP contribution is 1.99. The van der Waals surface area contributed by atoms with Crippen LogP contribution in [-0.2, 0) is 11.3 Å². The van der Waals surface area contributed by atoms with Crippen LogP contribution in [0.3, 0.4) is 0 Å². The predicted octanol–water partition coefficient (Wildman–Crippen LogP) is 0.274. The van der Waals surface area contributed by atoms with Crippen LogP contribution >= 0.6 is 11.5 Å². The van der Waals surface area contributed by atoms with Gasteiger partial charge in [-0.05, 0) is 11.5 Å². The average molecular weight is 173 g/mol. The Balaban J connectivity index is 2.04. The van der Waals surface area contributed by atoms with Crippen molar-refractivity contribution in [3.63, 3.8) is 0 Å². The lowest BCUT2D eigenvalue weighted by molar-refractivity contribution is 0.199. The van der Waals surface area contributed by atoms with Gasteiger partial charge in [-0.15, -0.1) is 5.10 Å². The van der Waals surface area contributed by atoms with Crippen molar-refractivity contribution in [1.82, 2.24) is 14.9 Å². The Morgan fingerprint density at radius 3 is 3.27 bits per heavy atom. The zero-order valence-corrected chi connectivity index (χ0v) is 7.23. The molecule has 1 rings (SSSR count). The Hall–Kier alpha value is -0.520. The van der Waals surface area contributed by atoms with Gasteiger partial charge in [0.05, 0.1) is 17.7 Å². The molecule has 0 aliphatic carbocycles. The molecule has 4 nitrogen and oxygen atoms in total. The van der Waals surface area contributed by atoms with E-state index in [9.17, 15) is 0 Å². The van der Waals surface area contributed by atoms with E-state index in [4.69, 9.17) is 4.74 Å². The zero-order valence-electron chi connectivity index (χ0n) is 6.41.